The van der Waals surface area contributed by atoms with Crippen molar-refractivity contribution in [2.24, 2.45) is 5.73 Å². The third kappa shape index (κ3) is 3.41. The van der Waals surface area contributed by atoms with E-state index >= 15 is 0 Å². The Labute approximate surface area is 177 Å². The van der Waals surface area contributed by atoms with E-state index in [1.165, 1.54) is 11.8 Å². The summed E-state index contributed by atoms with van der Waals surface area (Å²) in [4.78, 5) is 24.6. The number of hydrogen-bond acceptors (Lipinski definition) is 7. The van der Waals surface area contributed by atoms with Crippen molar-refractivity contribution >= 4 is 51.1 Å². The van der Waals surface area contributed by atoms with E-state index in [0.29, 0.717) is 10.2 Å². The molecule has 4 aromatic rings. The zero-order valence-electron chi connectivity index (χ0n) is 15.9. The molecular formula is C20H20ClN7S. The van der Waals surface area contributed by atoms with E-state index in [0.717, 1.165) is 64.3 Å². The second-order valence-corrected chi connectivity index (χ2v) is 8.58. The zero-order chi connectivity index (χ0) is 20.0. The average molecular weight is 426 g/mol. The van der Waals surface area contributed by atoms with E-state index in [4.69, 9.17) is 27.3 Å². The van der Waals surface area contributed by atoms with Gasteiger partial charge in [-0.25, -0.2) is 19.9 Å². The molecule has 0 radical (unpaired) electrons. The lowest BCUT2D eigenvalue weighted by Crippen LogP contribution is -2.27. The quantitative estimate of drug-likeness (QED) is 0.480. The molecule has 29 heavy (non-hydrogen) atoms. The van der Waals surface area contributed by atoms with Crippen molar-refractivity contribution in [2.45, 2.75) is 35.9 Å². The van der Waals surface area contributed by atoms with Crippen LogP contribution in [0.4, 0.5) is 5.82 Å². The fraction of sp³-hybridized carbons (Fsp3) is 0.300. The molecule has 1 aromatic carbocycles. The molecule has 9 heteroatoms. The first-order valence-electron chi connectivity index (χ1n) is 9.58. The maximum atomic E-state index is 6.66. The van der Waals surface area contributed by atoms with Crippen LogP contribution in [-0.4, -0.2) is 44.1 Å². The maximum Gasteiger partial charge on any atom is 0.196 e. The van der Waals surface area contributed by atoms with Crippen LogP contribution in [0.25, 0.3) is 21.9 Å². The minimum Gasteiger partial charge on any atom is -0.354 e. The molecule has 0 spiro atoms. The number of nitrogens with two attached hydrogens (primary N) is 1. The summed E-state index contributed by atoms with van der Waals surface area (Å²) in [5.41, 5.74) is 8.79. The van der Waals surface area contributed by atoms with Crippen molar-refractivity contribution in [3.8, 4) is 0 Å². The van der Waals surface area contributed by atoms with Crippen molar-refractivity contribution in [1.29, 1.82) is 0 Å². The molecule has 1 aliphatic heterocycles. The van der Waals surface area contributed by atoms with E-state index in [-0.39, 0.29) is 6.04 Å². The monoisotopic (exact) mass is 425 g/mol. The second kappa shape index (κ2) is 7.44. The topological polar surface area (TPSA) is 96.6 Å². The second-order valence-electron chi connectivity index (χ2n) is 7.16. The lowest BCUT2D eigenvalue weighted by molar-refractivity contribution is 0.751. The number of H-pyrrole nitrogens is 1. The Morgan fingerprint density at radius 2 is 2.24 bits per heavy atom. The van der Waals surface area contributed by atoms with Gasteiger partial charge in [-0.1, -0.05) is 24.6 Å². The Morgan fingerprint density at radius 3 is 3.03 bits per heavy atom. The number of halogens is 1. The number of benzene rings is 1. The maximum absolute atomic E-state index is 6.66. The van der Waals surface area contributed by atoms with Gasteiger partial charge in [-0.2, -0.15) is 0 Å². The summed E-state index contributed by atoms with van der Waals surface area (Å²) in [6.45, 7) is 3.71. The number of nitrogens with zero attached hydrogens (tertiary/aromatic N) is 5. The summed E-state index contributed by atoms with van der Waals surface area (Å²) in [7, 11) is 0. The first-order chi connectivity index (χ1) is 14.1. The normalized spacial score (nSPS) is 16.9. The molecule has 1 fully saturated rings. The lowest BCUT2D eigenvalue weighted by atomic mass is 10.2. The van der Waals surface area contributed by atoms with Crippen LogP contribution in [0, 0.1) is 0 Å². The van der Waals surface area contributed by atoms with Crippen LogP contribution >= 0.6 is 23.4 Å². The number of anilines is 1. The van der Waals surface area contributed by atoms with E-state index in [2.05, 4.69) is 26.8 Å². The summed E-state index contributed by atoms with van der Waals surface area (Å²) in [5, 5.41) is 3.26. The first kappa shape index (κ1) is 18.6. The number of aromatic amines is 1. The molecule has 5 rings (SSSR count). The van der Waals surface area contributed by atoms with Gasteiger partial charge in [0.2, 0.25) is 0 Å². The third-order valence-corrected chi connectivity index (χ3v) is 6.46. The minimum atomic E-state index is 0.152. The van der Waals surface area contributed by atoms with Gasteiger partial charge in [0.1, 0.15) is 17.8 Å². The summed E-state index contributed by atoms with van der Waals surface area (Å²) in [6.07, 6.45) is 5.12. The van der Waals surface area contributed by atoms with Crippen molar-refractivity contribution in [3.05, 3.63) is 41.4 Å². The highest BCUT2D eigenvalue weighted by Gasteiger charge is 2.26. The van der Waals surface area contributed by atoms with Crippen LogP contribution < -0.4 is 10.6 Å². The van der Waals surface area contributed by atoms with E-state index in [1.807, 2.05) is 18.2 Å². The highest BCUT2D eigenvalue weighted by molar-refractivity contribution is 7.99. The Balaban J connectivity index is 1.59. The van der Waals surface area contributed by atoms with Gasteiger partial charge < -0.3 is 15.6 Å². The lowest BCUT2D eigenvalue weighted by Gasteiger charge is -2.18. The Bertz CT molecular complexity index is 1210. The van der Waals surface area contributed by atoms with Crippen LogP contribution in [0.3, 0.4) is 0 Å². The molecule has 0 bridgehead atoms. The van der Waals surface area contributed by atoms with Gasteiger partial charge in [-0.3, -0.25) is 0 Å². The number of rotatable bonds is 4. The molecule has 0 unspecified atom stereocenters. The minimum absolute atomic E-state index is 0.152. The Morgan fingerprint density at radius 1 is 1.34 bits per heavy atom. The summed E-state index contributed by atoms with van der Waals surface area (Å²) in [6, 6.07) is 6.23. The van der Waals surface area contributed by atoms with E-state index in [1.54, 1.807) is 12.5 Å². The number of fused-ring (bicyclic) bond motifs is 2. The van der Waals surface area contributed by atoms with Crippen LogP contribution in [0.2, 0.25) is 5.02 Å². The zero-order valence-corrected chi connectivity index (χ0v) is 17.5. The number of aryl methyl sites for hydroxylation is 1. The molecule has 148 valence electrons. The molecular weight excluding hydrogens is 406 g/mol. The van der Waals surface area contributed by atoms with Crippen LogP contribution in [0.15, 0.2) is 40.8 Å². The smallest absolute Gasteiger partial charge is 0.196 e. The first-order valence-corrected chi connectivity index (χ1v) is 10.8. The standard InChI is InChI=1S/C20H20ClN7S/c1-2-14-17(21)16-18(25-14)26-20(27-19(16)28-6-5-12(22)9-28)29-13-4-3-11-8-23-10-24-15(11)7-13/h3-4,7-8,10,12H,2,5-6,9,22H2,1H3,(H,25,26,27)/t12-/m1/s1. The van der Waals surface area contributed by atoms with Crippen molar-refractivity contribution < 1.29 is 0 Å². The van der Waals surface area contributed by atoms with Crippen LogP contribution in [0.5, 0.6) is 0 Å². The Hall–Kier alpha value is -2.42. The van der Waals surface area contributed by atoms with Gasteiger partial charge in [0.25, 0.3) is 0 Å². The van der Waals surface area contributed by atoms with Gasteiger partial charge in [0, 0.05) is 41.3 Å². The molecule has 0 amide bonds. The van der Waals surface area contributed by atoms with Crippen molar-refractivity contribution in [1.82, 2.24) is 24.9 Å². The summed E-state index contributed by atoms with van der Waals surface area (Å²) >= 11 is 8.18. The van der Waals surface area contributed by atoms with E-state index in [9.17, 15) is 0 Å². The summed E-state index contributed by atoms with van der Waals surface area (Å²) < 4.78 is 0. The fourth-order valence-corrected chi connectivity index (χ4v) is 4.83. The van der Waals surface area contributed by atoms with E-state index < -0.39 is 0 Å². The molecule has 0 saturated carbocycles. The molecule has 4 heterocycles. The predicted molar refractivity (Wildman–Crippen MR) is 117 cm³/mol. The molecule has 0 aliphatic carbocycles. The van der Waals surface area contributed by atoms with Gasteiger partial charge in [-0.05, 0) is 36.7 Å². The third-order valence-electron chi connectivity index (χ3n) is 5.19. The largest absolute Gasteiger partial charge is 0.354 e. The Kier molecular flexibility index (Phi) is 4.77. The molecule has 7 nitrogen and oxygen atoms in total. The van der Waals surface area contributed by atoms with Gasteiger partial charge in [-0.15, -0.1) is 0 Å². The SMILES string of the molecule is CCc1[nH]c2nc(Sc3ccc4cncnc4c3)nc(N3CC[C@@H](N)C3)c2c1Cl. The van der Waals surface area contributed by atoms with Crippen molar-refractivity contribution in [2.75, 3.05) is 18.0 Å². The number of nitrogens with one attached hydrogen (secondary N) is 1. The molecule has 1 saturated heterocycles. The van der Waals surface area contributed by atoms with Gasteiger partial charge >= 0.3 is 0 Å². The highest BCUT2D eigenvalue weighted by atomic mass is 35.5. The van der Waals surface area contributed by atoms with Gasteiger partial charge in [0.05, 0.1) is 15.9 Å². The molecule has 3 aromatic heterocycles. The van der Waals surface area contributed by atoms with Crippen molar-refractivity contribution in [3.63, 3.8) is 0 Å². The fourth-order valence-electron chi connectivity index (χ4n) is 3.69. The average Bonchev–Trinajstić information content (AvgIpc) is 3.30. The molecule has 1 atom stereocenters. The predicted octanol–water partition coefficient (Wildman–Crippen LogP) is 3.81. The van der Waals surface area contributed by atoms with Crippen LogP contribution in [0.1, 0.15) is 19.0 Å². The van der Waals surface area contributed by atoms with Crippen LogP contribution in [-0.2, 0) is 6.42 Å². The summed E-state index contributed by atoms with van der Waals surface area (Å²) in [5.74, 6) is 0.856. The number of aromatic nitrogens is 5. The molecule has 3 N–H and O–H groups in total. The van der Waals surface area contributed by atoms with Gasteiger partial charge in [0.15, 0.2) is 5.16 Å². The number of hydrogen-bond donors (Lipinski definition) is 2. The molecule has 1 aliphatic rings. The highest BCUT2D eigenvalue weighted by Crippen LogP contribution is 2.37.